The molecule has 2 heterocycles. The maximum atomic E-state index is 13.2. The lowest BCUT2D eigenvalue weighted by Crippen LogP contribution is -2.38. The maximum absolute atomic E-state index is 13.2. The van der Waals surface area contributed by atoms with Crippen LogP contribution < -0.4 is 5.32 Å². The number of hydrogen-bond donors (Lipinski definition) is 1. The van der Waals surface area contributed by atoms with E-state index < -0.39 is 0 Å². The van der Waals surface area contributed by atoms with E-state index in [2.05, 4.69) is 16.4 Å². The second kappa shape index (κ2) is 9.87. The Morgan fingerprint density at radius 3 is 2.51 bits per heavy atom. The molecule has 0 radical (unpaired) electrons. The first-order chi connectivity index (χ1) is 17.0. The standard InChI is InChI=1S/C27H21ClN4O2S/c28-21-10-9-20(15-23(21)30-25(33)26-31-22-3-1-2-4-24(22)35-26)27(34)32-13-11-19(12-14-32)18-7-5-17(16-29)6-8-18/h1-10,15,19H,11-14H2,(H,30,33). The van der Waals surface area contributed by atoms with E-state index in [0.29, 0.717) is 45.9 Å². The number of benzene rings is 3. The number of rotatable bonds is 4. The van der Waals surface area contributed by atoms with E-state index in [-0.39, 0.29) is 11.8 Å². The Morgan fingerprint density at radius 1 is 1.06 bits per heavy atom. The Labute approximate surface area is 211 Å². The largest absolute Gasteiger partial charge is 0.339 e. The maximum Gasteiger partial charge on any atom is 0.284 e. The zero-order valence-electron chi connectivity index (χ0n) is 18.7. The third-order valence-electron chi connectivity index (χ3n) is 6.24. The van der Waals surface area contributed by atoms with Crippen LogP contribution in [0.5, 0.6) is 0 Å². The minimum absolute atomic E-state index is 0.0876. The third-order valence-corrected chi connectivity index (χ3v) is 7.61. The number of nitriles is 1. The summed E-state index contributed by atoms with van der Waals surface area (Å²) in [6, 6.07) is 22.3. The van der Waals surface area contributed by atoms with Gasteiger partial charge in [0.05, 0.1) is 32.6 Å². The van der Waals surface area contributed by atoms with Gasteiger partial charge in [-0.1, -0.05) is 35.9 Å². The molecule has 1 saturated heterocycles. The third kappa shape index (κ3) is 4.90. The van der Waals surface area contributed by atoms with Crippen LogP contribution in [0.25, 0.3) is 10.2 Å². The molecule has 174 valence electrons. The summed E-state index contributed by atoms with van der Waals surface area (Å²) in [5.74, 6) is -0.0861. The molecule has 8 heteroatoms. The molecule has 6 nitrogen and oxygen atoms in total. The fourth-order valence-electron chi connectivity index (χ4n) is 4.33. The molecule has 1 fully saturated rings. The summed E-state index contributed by atoms with van der Waals surface area (Å²) in [6.07, 6.45) is 1.71. The van der Waals surface area contributed by atoms with Crippen LogP contribution in [-0.2, 0) is 0 Å². The minimum Gasteiger partial charge on any atom is -0.339 e. The Bertz CT molecular complexity index is 1420. The fourth-order valence-corrected chi connectivity index (χ4v) is 5.35. The number of carbonyl (C=O) groups excluding carboxylic acids is 2. The van der Waals surface area contributed by atoms with Crippen LogP contribution in [0.2, 0.25) is 5.02 Å². The van der Waals surface area contributed by atoms with Gasteiger partial charge in [0.25, 0.3) is 11.8 Å². The highest BCUT2D eigenvalue weighted by Gasteiger charge is 2.25. The number of aromatic nitrogens is 1. The molecular formula is C27H21ClN4O2S. The SMILES string of the molecule is N#Cc1ccc(C2CCN(C(=O)c3ccc(Cl)c(NC(=O)c4nc5ccccc5s4)c3)CC2)cc1. The van der Waals surface area contributed by atoms with Crippen LogP contribution >= 0.6 is 22.9 Å². The molecule has 1 aliphatic rings. The first-order valence-corrected chi connectivity index (χ1v) is 12.5. The van der Waals surface area contributed by atoms with Gasteiger partial charge in [-0.25, -0.2) is 4.98 Å². The molecule has 1 aliphatic heterocycles. The highest BCUT2D eigenvalue weighted by molar-refractivity contribution is 7.20. The van der Waals surface area contributed by atoms with Crippen LogP contribution in [0.4, 0.5) is 5.69 Å². The zero-order valence-corrected chi connectivity index (χ0v) is 20.3. The van der Waals surface area contributed by atoms with Gasteiger partial charge in [-0.3, -0.25) is 9.59 Å². The normalized spacial score (nSPS) is 14.0. The summed E-state index contributed by atoms with van der Waals surface area (Å²) in [5, 5.41) is 12.5. The number of thiazole rings is 1. The van der Waals surface area contributed by atoms with Gasteiger partial charge in [-0.15, -0.1) is 11.3 Å². The van der Waals surface area contributed by atoms with Gasteiger partial charge < -0.3 is 10.2 Å². The first-order valence-electron chi connectivity index (χ1n) is 11.3. The topological polar surface area (TPSA) is 86.1 Å². The summed E-state index contributed by atoms with van der Waals surface area (Å²) in [7, 11) is 0. The second-order valence-electron chi connectivity index (χ2n) is 8.44. The number of carbonyl (C=O) groups is 2. The predicted octanol–water partition coefficient (Wildman–Crippen LogP) is 6.09. The number of anilines is 1. The van der Waals surface area contributed by atoms with E-state index in [4.69, 9.17) is 16.9 Å². The highest BCUT2D eigenvalue weighted by atomic mass is 35.5. The van der Waals surface area contributed by atoms with Crippen molar-refractivity contribution in [2.75, 3.05) is 18.4 Å². The van der Waals surface area contributed by atoms with Crippen molar-refractivity contribution in [3.05, 3.63) is 93.5 Å². The lowest BCUT2D eigenvalue weighted by Gasteiger charge is -2.32. The van der Waals surface area contributed by atoms with Crippen molar-refractivity contribution in [3.8, 4) is 6.07 Å². The first kappa shape index (κ1) is 23.0. The van der Waals surface area contributed by atoms with Crippen LogP contribution in [0.3, 0.4) is 0 Å². The number of nitrogens with one attached hydrogen (secondary N) is 1. The summed E-state index contributed by atoms with van der Waals surface area (Å²) >= 11 is 7.64. The monoisotopic (exact) mass is 500 g/mol. The van der Waals surface area contributed by atoms with Crippen LogP contribution in [-0.4, -0.2) is 34.8 Å². The summed E-state index contributed by atoms with van der Waals surface area (Å²) in [4.78, 5) is 32.2. The number of piperidine rings is 1. The fraction of sp³-hybridized carbons (Fsp3) is 0.185. The van der Waals surface area contributed by atoms with Crippen molar-refractivity contribution in [1.29, 1.82) is 5.26 Å². The van der Waals surface area contributed by atoms with E-state index in [1.165, 1.54) is 16.9 Å². The van der Waals surface area contributed by atoms with E-state index in [9.17, 15) is 9.59 Å². The Kier molecular flexibility index (Phi) is 6.49. The van der Waals surface area contributed by atoms with Gasteiger partial charge in [0.1, 0.15) is 0 Å². The molecule has 5 rings (SSSR count). The van der Waals surface area contributed by atoms with Gasteiger partial charge in [-0.2, -0.15) is 5.26 Å². The smallest absolute Gasteiger partial charge is 0.284 e. The van der Waals surface area contributed by atoms with Gasteiger partial charge >= 0.3 is 0 Å². The van der Waals surface area contributed by atoms with Crippen molar-refractivity contribution in [2.24, 2.45) is 0 Å². The number of para-hydroxylation sites is 1. The van der Waals surface area contributed by atoms with Crippen molar-refractivity contribution in [3.63, 3.8) is 0 Å². The number of likely N-dealkylation sites (tertiary alicyclic amines) is 1. The number of nitrogens with zero attached hydrogens (tertiary/aromatic N) is 3. The second-order valence-corrected chi connectivity index (χ2v) is 9.87. The summed E-state index contributed by atoms with van der Waals surface area (Å²) < 4.78 is 0.928. The molecule has 0 spiro atoms. The van der Waals surface area contributed by atoms with Crippen molar-refractivity contribution in [2.45, 2.75) is 18.8 Å². The molecule has 4 aromatic rings. The molecule has 0 aliphatic carbocycles. The molecule has 0 atom stereocenters. The van der Waals surface area contributed by atoms with Gasteiger partial charge in [0, 0.05) is 18.7 Å². The van der Waals surface area contributed by atoms with E-state index in [0.717, 1.165) is 23.1 Å². The molecule has 0 bridgehead atoms. The van der Waals surface area contributed by atoms with Crippen LogP contribution in [0, 0.1) is 11.3 Å². The number of halogens is 1. The van der Waals surface area contributed by atoms with Crippen LogP contribution in [0.1, 0.15) is 50.0 Å². The lowest BCUT2D eigenvalue weighted by atomic mass is 9.89. The number of fused-ring (bicyclic) bond motifs is 1. The molecule has 1 N–H and O–H groups in total. The highest BCUT2D eigenvalue weighted by Crippen LogP contribution is 2.30. The molecule has 1 aromatic heterocycles. The minimum atomic E-state index is -0.360. The molecular weight excluding hydrogens is 480 g/mol. The number of hydrogen-bond acceptors (Lipinski definition) is 5. The van der Waals surface area contributed by atoms with E-state index in [1.54, 1.807) is 18.2 Å². The summed E-state index contributed by atoms with van der Waals surface area (Å²) in [5.41, 5.74) is 3.47. The van der Waals surface area contributed by atoms with Crippen molar-refractivity contribution >= 4 is 50.7 Å². The van der Waals surface area contributed by atoms with Crippen molar-refractivity contribution in [1.82, 2.24) is 9.88 Å². The van der Waals surface area contributed by atoms with E-state index in [1.807, 2.05) is 53.4 Å². The Morgan fingerprint density at radius 2 is 1.80 bits per heavy atom. The number of amides is 2. The predicted molar refractivity (Wildman–Crippen MR) is 138 cm³/mol. The van der Waals surface area contributed by atoms with Crippen LogP contribution in [0.15, 0.2) is 66.7 Å². The van der Waals surface area contributed by atoms with Gasteiger partial charge in [0.2, 0.25) is 0 Å². The quantitative estimate of drug-likeness (QED) is 0.367. The summed E-state index contributed by atoms with van der Waals surface area (Å²) in [6.45, 7) is 1.28. The average Bonchev–Trinajstić information content (AvgIpc) is 3.34. The Balaban J connectivity index is 1.26. The molecule has 0 saturated carbocycles. The van der Waals surface area contributed by atoms with Gasteiger partial charge in [0.15, 0.2) is 5.01 Å². The van der Waals surface area contributed by atoms with Gasteiger partial charge in [-0.05, 0) is 66.8 Å². The zero-order chi connectivity index (χ0) is 24.4. The van der Waals surface area contributed by atoms with E-state index >= 15 is 0 Å². The Hall–Kier alpha value is -3.73. The molecule has 3 aromatic carbocycles. The molecule has 35 heavy (non-hydrogen) atoms. The average molecular weight is 501 g/mol. The molecule has 2 amide bonds. The lowest BCUT2D eigenvalue weighted by molar-refractivity contribution is 0.0712. The molecule has 0 unspecified atom stereocenters. The van der Waals surface area contributed by atoms with Crippen molar-refractivity contribution < 1.29 is 9.59 Å².